The molecule has 0 saturated carbocycles. The Hall–Kier alpha value is -2.93. The molecule has 1 amide bonds. The van der Waals surface area contributed by atoms with Crippen LogP contribution in [0.25, 0.3) is 0 Å². The van der Waals surface area contributed by atoms with Crippen LogP contribution in [0.4, 0.5) is 5.69 Å². The number of nitrogens with zero attached hydrogens (tertiary/aromatic N) is 2. The number of ether oxygens (including phenoxy) is 2. The van der Waals surface area contributed by atoms with Crippen molar-refractivity contribution in [3.05, 3.63) is 66.5 Å². The van der Waals surface area contributed by atoms with Crippen LogP contribution in [0.5, 0.6) is 11.5 Å². The number of para-hydroxylation sites is 2. The molecule has 1 aliphatic rings. The third-order valence-corrected chi connectivity index (χ3v) is 5.00. The number of rotatable bonds is 5. The Morgan fingerprint density at radius 2 is 2.00 bits per heavy atom. The van der Waals surface area contributed by atoms with Crippen LogP contribution >= 0.6 is 11.8 Å². The minimum atomic E-state index is -0.148. The first-order valence-electron chi connectivity index (χ1n) is 8.58. The molecule has 0 fully saturated rings. The Kier molecular flexibility index (Phi) is 5.02. The molecule has 0 bridgehead atoms. The minimum Gasteiger partial charge on any atom is -0.486 e. The van der Waals surface area contributed by atoms with Crippen LogP contribution in [-0.2, 0) is 6.54 Å². The van der Waals surface area contributed by atoms with Gasteiger partial charge in [0.15, 0.2) is 17.6 Å². The van der Waals surface area contributed by atoms with E-state index in [2.05, 4.69) is 10.4 Å². The highest BCUT2D eigenvalue weighted by Gasteiger charge is 2.21. The topological polar surface area (TPSA) is 65.4 Å². The van der Waals surface area contributed by atoms with Gasteiger partial charge in [-0.1, -0.05) is 24.3 Å². The molecule has 6 nitrogen and oxygen atoms in total. The van der Waals surface area contributed by atoms with Gasteiger partial charge in [-0.25, -0.2) is 0 Å². The van der Waals surface area contributed by atoms with Crippen molar-refractivity contribution in [1.82, 2.24) is 9.78 Å². The average molecular weight is 381 g/mol. The van der Waals surface area contributed by atoms with Crippen molar-refractivity contribution in [2.24, 2.45) is 0 Å². The van der Waals surface area contributed by atoms with Crippen LogP contribution in [0.3, 0.4) is 0 Å². The van der Waals surface area contributed by atoms with Gasteiger partial charge in [-0.15, -0.1) is 11.8 Å². The summed E-state index contributed by atoms with van der Waals surface area (Å²) >= 11 is 1.55. The molecule has 27 heavy (non-hydrogen) atoms. The summed E-state index contributed by atoms with van der Waals surface area (Å²) in [4.78, 5) is 13.5. The van der Waals surface area contributed by atoms with E-state index in [1.54, 1.807) is 28.8 Å². The summed E-state index contributed by atoms with van der Waals surface area (Å²) in [6, 6.07) is 15.1. The molecule has 1 aromatic heterocycles. The molecular formula is C20H19N3O3S. The average Bonchev–Trinajstić information content (AvgIpc) is 3.14. The summed E-state index contributed by atoms with van der Waals surface area (Å²) in [6.07, 6.45) is 5.25. The number of benzene rings is 2. The number of nitrogens with one attached hydrogen (secondary N) is 1. The van der Waals surface area contributed by atoms with Crippen molar-refractivity contribution < 1.29 is 14.3 Å². The van der Waals surface area contributed by atoms with Crippen molar-refractivity contribution in [3.63, 3.8) is 0 Å². The molecule has 7 heteroatoms. The molecular weight excluding hydrogens is 362 g/mol. The van der Waals surface area contributed by atoms with Crippen molar-refractivity contribution in [1.29, 1.82) is 0 Å². The standard InChI is InChI=1S/C20H19N3O3S/c1-27-19-9-5-2-6-16(19)20(24)22-14-10-21-23(11-14)12-15-13-25-17-7-3-4-8-18(17)26-15/h2-11,15H,12-13H2,1H3,(H,22,24). The summed E-state index contributed by atoms with van der Waals surface area (Å²) in [5.41, 5.74) is 1.30. The van der Waals surface area contributed by atoms with E-state index in [0.29, 0.717) is 24.4 Å². The SMILES string of the molecule is CSc1ccccc1C(=O)Nc1cnn(CC2COc3ccccc3O2)c1. The van der Waals surface area contributed by atoms with Crippen LogP contribution in [0.1, 0.15) is 10.4 Å². The van der Waals surface area contributed by atoms with Gasteiger partial charge in [0.1, 0.15) is 6.61 Å². The zero-order valence-corrected chi connectivity index (χ0v) is 15.6. The molecule has 138 valence electrons. The van der Waals surface area contributed by atoms with Crippen LogP contribution in [0, 0.1) is 0 Å². The molecule has 0 radical (unpaired) electrons. The van der Waals surface area contributed by atoms with Crippen molar-refractivity contribution in [2.45, 2.75) is 17.5 Å². The fraction of sp³-hybridized carbons (Fsp3) is 0.200. The summed E-state index contributed by atoms with van der Waals surface area (Å²) in [6.45, 7) is 0.991. The quantitative estimate of drug-likeness (QED) is 0.683. The van der Waals surface area contributed by atoms with Gasteiger partial charge in [-0.05, 0) is 30.5 Å². The highest BCUT2D eigenvalue weighted by atomic mass is 32.2. The van der Waals surface area contributed by atoms with Gasteiger partial charge in [0, 0.05) is 11.1 Å². The van der Waals surface area contributed by atoms with Crippen LogP contribution in [0.2, 0.25) is 0 Å². The van der Waals surface area contributed by atoms with Crippen molar-refractivity contribution >= 4 is 23.4 Å². The fourth-order valence-corrected chi connectivity index (χ4v) is 3.52. The van der Waals surface area contributed by atoms with Crippen LogP contribution in [-0.4, -0.2) is 34.7 Å². The lowest BCUT2D eigenvalue weighted by Crippen LogP contribution is -2.33. The van der Waals surface area contributed by atoms with Gasteiger partial charge in [-0.3, -0.25) is 9.48 Å². The molecule has 1 aliphatic heterocycles. The molecule has 3 aromatic rings. The molecule has 0 aliphatic carbocycles. The second kappa shape index (κ2) is 7.75. The second-order valence-electron chi connectivity index (χ2n) is 6.10. The van der Waals surface area contributed by atoms with E-state index in [-0.39, 0.29) is 12.0 Å². The van der Waals surface area contributed by atoms with E-state index in [4.69, 9.17) is 9.47 Å². The number of carbonyl (C=O) groups is 1. The molecule has 0 saturated heterocycles. The first-order valence-corrected chi connectivity index (χ1v) is 9.81. The molecule has 1 N–H and O–H groups in total. The first kappa shape index (κ1) is 17.5. The minimum absolute atomic E-state index is 0.138. The van der Waals surface area contributed by atoms with Gasteiger partial charge in [0.05, 0.1) is 24.0 Å². The highest BCUT2D eigenvalue weighted by Crippen LogP contribution is 2.31. The largest absolute Gasteiger partial charge is 0.486 e. The van der Waals surface area contributed by atoms with E-state index < -0.39 is 0 Å². The van der Waals surface area contributed by atoms with E-state index in [9.17, 15) is 4.79 Å². The van der Waals surface area contributed by atoms with Crippen molar-refractivity contribution in [3.8, 4) is 11.5 Å². The normalized spacial score (nSPS) is 15.4. The summed E-state index contributed by atoms with van der Waals surface area (Å²) < 4.78 is 13.4. The lowest BCUT2D eigenvalue weighted by molar-refractivity contribution is 0.0759. The van der Waals surface area contributed by atoms with E-state index >= 15 is 0 Å². The Bertz CT molecular complexity index is 957. The number of aromatic nitrogens is 2. The van der Waals surface area contributed by atoms with E-state index in [0.717, 1.165) is 16.4 Å². The number of carbonyl (C=O) groups excluding carboxylic acids is 1. The maximum absolute atomic E-state index is 12.5. The molecule has 2 heterocycles. The van der Waals surface area contributed by atoms with E-state index in [1.807, 2.05) is 54.8 Å². The zero-order valence-electron chi connectivity index (χ0n) is 14.8. The number of anilines is 1. The number of hydrogen-bond donors (Lipinski definition) is 1. The molecule has 0 spiro atoms. The summed E-state index contributed by atoms with van der Waals surface area (Å²) in [5, 5.41) is 7.22. The Labute approximate surface area is 161 Å². The predicted molar refractivity (Wildman–Crippen MR) is 105 cm³/mol. The van der Waals surface area contributed by atoms with Gasteiger partial charge >= 0.3 is 0 Å². The molecule has 4 rings (SSSR count). The lowest BCUT2D eigenvalue weighted by Gasteiger charge is -2.26. The van der Waals surface area contributed by atoms with Gasteiger partial charge < -0.3 is 14.8 Å². The smallest absolute Gasteiger partial charge is 0.256 e. The number of amides is 1. The van der Waals surface area contributed by atoms with E-state index in [1.165, 1.54) is 0 Å². The zero-order chi connectivity index (χ0) is 18.6. The molecule has 1 unspecified atom stereocenters. The molecule has 2 aromatic carbocycles. The Balaban J connectivity index is 1.40. The monoisotopic (exact) mass is 381 g/mol. The fourth-order valence-electron chi connectivity index (χ4n) is 2.92. The Morgan fingerprint density at radius 3 is 2.85 bits per heavy atom. The molecule has 1 atom stereocenters. The number of hydrogen-bond acceptors (Lipinski definition) is 5. The first-order chi connectivity index (χ1) is 13.2. The number of fused-ring (bicyclic) bond motifs is 1. The number of thioether (sulfide) groups is 1. The summed E-state index contributed by atoms with van der Waals surface area (Å²) in [5.74, 6) is 1.35. The van der Waals surface area contributed by atoms with Gasteiger partial charge in [-0.2, -0.15) is 5.10 Å². The van der Waals surface area contributed by atoms with Gasteiger partial charge in [0.25, 0.3) is 5.91 Å². The maximum Gasteiger partial charge on any atom is 0.256 e. The summed E-state index contributed by atoms with van der Waals surface area (Å²) in [7, 11) is 0. The predicted octanol–water partition coefficient (Wildman–Crippen LogP) is 3.70. The second-order valence-corrected chi connectivity index (χ2v) is 6.95. The van der Waals surface area contributed by atoms with Crippen molar-refractivity contribution in [2.75, 3.05) is 18.2 Å². The van der Waals surface area contributed by atoms with Gasteiger partial charge in [0.2, 0.25) is 0 Å². The highest BCUT2D eigenvalue weighted by molar-refractivity contribution is 7.98. The third-order valence-electron chi connectivity index (χ3n) is 4.20. The van der Waals surface area contributed by atoms with Crippen LogP contribution in [0.15, 0.2) is 65.8 Å². The lowest BCUT2D eigenvalue weighted by atomic mass is 10.2. The maximum atomic E-state index is 12.5. The Morgan fingerprint density at radius 1 is 1.22 bits per heavy atom. The van der Waals surface area contributed by atoms with Crippen LogP contribution < -0.4 is 14.8 Å². The third kappa shape index (κ3) is 3.93.